The van der Waals surface area contributed by atoms with E-state index in [0.717, 1.165) is 59.5 Å². The van der Waals surface area contributed by atoms with E-state index < -0.39 is 16.2 Å². The number of anilines is 2. The Bertz CT molecular complexity index is 1640. The highest BCUT2D eigenvalue weighted by atomic mass is 32.2. The zero-order valence-corrected chi connectivity index (χ0v) is 28.1. The molecule has 0 spiro atoms. The summed E-state index contributed by atoms with van der Waals surface area (Å²) < 4.78 is 36.5. The Morgan fingerprint density at radius 2 is 1.76 bits per heavy atom. The largest absolute Gasteiger partial charge is 0.478 e. The monoisotopic (exact) mass is 638 g/mol. The van der Waals surface area contributed by atoms with Gasteiger partial charge in [0.15, 0.2) is 0 Å². The number of aromatic nitrogens is 2. The Morgan fingerprint density at radius 1 is 1.04 bits per heavy atom. The highest BCUT2D eigenvalue weighted by molar-refractivity contribution is 7.90. The summed E-state index contributed by atoms with van der Waals surface area (Å²) in [4.78, 5) is 14.4. The predicted molar refractivity (Wildman–Crippen MR) is 180 cm³/mol. The summed E-state index contributed by atoms with van der Waals surface area (Å²) in [6.07, 6.45) is 4.27. The number of rotatable bonds is 14. The second kappa shape index (κ2) is 16.4. The summed E-state index contributed by atoms with van der Waals surface area (Å²) in [5.41, 5.74) is 4.63. The second-order valence-corrected chi connectivity index (χ2v) is 13.1. The van der Waals surface area contributed by atoms with Crippen molar-refractivity contribution in [3.8, 4) is 0 Å². The number of fused-ring (bicyclic) bond motifs is 1. The van der Waals surface area contributed by atoms with Crippen LogP contribution in [0.4, 0.5) is 11.4 Å². The van der Waals surface area contributed by atoms with Crippen molar-refractivity contribution in [3.63, 3.8) is 0 Å². The topological polar surface area (TPSA) is 132 Å². The lowest BCUT2D eigenvalue weighted by Gasteiger charge is -2.26. The van der Waals surface area contributed by atoms with E-state index in [-0.39, 0.29) is 6.04 Å². The molecule has 0 aliphatic rings. The number of nitrogens with zero attached hydrogens (tertiary/aromatic N) is 5. The van der Waals surface area contributed by atoms with Gasteiger partial charge >= 0.3 is 16.2 Å². The molecule has 0 aliphatic carbocycles. The van der Waals surface area contributed by atoms with Crippen LogP contribution >= 0.6 is 0 Å². The molecule has 4 aromatic rings. The number of furan rings is 1. The molecule has 0 saturated carbocycles. The molecule has 2 heterocycles. The third-order valence-electron chi connectivity index (χ3n) is 7.26. The molecule has 0 atom stereocenters. The summed E-state index contributed by atoms with van der Waals surface area (Å²) >= 11 is 0. The summed E-state index contributed by atoms with van der Waals surface area (Å²) in [5.74, 6) is -0.0323. The smallest absolute Gasteiger partial charge is 0.335 e. The number of benzene rings is 2. The van der Waals surface area contributed by atoms with Gasteiger partial charge < -0.3 is 19.3 Å². The average molecular weight is 639 g/mol. The van der Waals surface area contributed by atoms with E-state index in [2.05, 4.69) is 33.8 Å². The van der Waals surface area contributed by atoms with E-state index in [1.165, 1.54) is 4.31 Å². The number of unbranched alkanes of at least 4 members (excludes halogenated alkanes) is 1. The Kier molecular flexibility index (Phi) is 12.9. The maximum Gasteiger partial charge on any atom is 0.335 e. The van der Waals surface area contributed by atoms with Crippen LogP contribution in [0.5, 0.6) is 0 Å². The summed E-state index contributed by atoms with van der Waals surface area (Å²) in [6, 6.07) is 15.7. The van der Waals surface area contributed by atoms with E-state index in [9.17, 15) is 13.2 Å². The van der Waals surface area contributed by atoms with Crippen LogP contribution in [0.2, 0.25) is 0 Å². The molecule has 12 heteroatoms. The van der Waals surface area contributed by atoms with Crippen molar-refractivity contribution < 1.29 is 22.7 Å². The molecule has 0 saturated heterocycles. The molecule has 0 unspecified atom stereocenters. The van der Waals surface area contributed by atoms with Crippen molar-refractivity contribution >= 4 is 38.5 Å². The third kappa shape index (κ3) is 10.3. The lowest BCUT2D eigenvalue weighted by molar-refractivity contribution is 0.0697. The maximum atomic E-state index is 13.1. The van der Waals surface area contributed by atoms with Crippen LogP contribution in [-0.4, -0.2) is 79.2 Å². The number of nitrogens with one attached hydrogen (secondary N) is 1. The minimum absolute atomic E-state index is 0.122. The second-order valence-electron chi connectivity index (χ2n) is 11.5. The first-order chi connectivity index (χ1) is 21.3. The first-order valence-corrected chi connectivity index (χ1v) is 16.5. The summed E-state index contributed by atoms with van der Waals surface area (Å²) in [5, 5.41) is 17.7. The quantitative estimate of drug-likeness (QED) is 0.175. The Hall–Kier alpha value is -4.00. The molecule has 0 radical (unpaired) electrons. The zero-order valence-electron chi connectivity index (χ0n) is 27.3. The number of likely N-dealkylation sites (N-methyl/N-ethyl adjacent to an activating group) is 1. The van der Waals surface area contributed by atoms with Crippen molar-refractivity contribution in [2.75, 3.05) is 43.9 Å². The zero-order chi connectivity index (χ0) is 33.1. The highest BCUT2D eigenvalue weighted by Gasteiger charge is 2.25. The van der Waals surface area contributed by atoms with Crippen molar-refractivity contribution in [3.05, 3.63) is 83.4 Å². The van der Waals surface area contributed by atoms with Gasteiger partial charge in [-0.05, 0) is 77.1 Å². The molecule has 2 aromatic heterocycles. The number of carbonyl (C=O) groups is 1. The van der Waals surface area contributed by atoms with Gasteiger partial charge in [-0.1, -0.05) is 31.5 Å². The fourth-order valence-electron chi connectivity index (χ4n) is 4.78. The van der Waals surface area contributed by atoms with Gasteiger partial charge in [0, 0.05) is 50.7 Å². The number of hydrogen-bond donors (Lipinski definition) is 2. The van der Waals surface area contributed by atoms with E-state index >= 15 is 0 Å². The third-order valence-corrected chi connectivity index (χ3v) is 8.97. The first kappa shape index (κ1) is 35.5. The van der Waals surface area contributed by atoms with Gasteiger partial charge in [0.05, 0.1) is 28.8 Å². The van der Waals surface area contributed by atoms with Crippen LogP contribution in [-0.2, 0) is 23.2 Å². The fraction of sp³-hybridized carbons (Fsp3) is 0.424. The van der Waals surface area contributed by atoms with Crippen LogP contribution in [0.15, 0.2) is 65.2 Å². The van der Waals surface area contributed by atoms with Crippen molar-refractivity contribution in [2.24, 2.45) is 0 Å². The number of hydrogen-bond acceptors (Lipinski definition) is 8. The van der Waals surface area contributed by atoms with Gasteiger partial charge in [-0.15, -0.1) is 0 Å². The Morgan fingerprint density at radius 3 is 2.36 bits per heavy atom. The normalized spacial score (nSPS) is 11.6. The molecule has 4 rings (SSSR count). The Labute approximate surface area is 267 Å². The van der Waals surface area contributed by atoms with Gasteiger partial charge in [0.1, 0.15) is 11.3 Å². The number of aromatic carboxylic acids is 1. The molecule has 2 N–H and O–H groups in total. The van der Waals surface area contributed by atoms with Gasteiger partial charge in [0.25, 0.3) is 0 Å². The molecular weight excluding hydrogens is 592 g/mol. The van der Waals surface area contributed by atoms with E-state index in [4.69, 9.17) is 9.52 Å². The minimum Gasteiger partial charge on any atom is -0.478 e. The van der Waals surface area contributed by atoms with Gasteiger partial charge in [-0.25, -0.2) is 4.79 Å². The van der Waals surface area contributed by atoms with Crippen LogP contribution in [0.3, 0.4) is 0 Å². The fourth-order valence-corrected chi connectivity index (χ4v) is 6.25. The average Bonchev–Trinajstić information content (AvgIpc) is 3.30. The molecule has 2 aromatic carbocycles. The highest BCUT2D eigenvalue weighted by Crippen LogP contribution is 2.29. The molecule has 0 bridgehead atoms. The molecule has 0 amide bonds. The van der Waals surface area contributed by atoms with Crippen molar-refractivity contribution in [2.45, 2.75) is 59.5 Å². The molecule has 244 valence electrons. The number of aryl methyl sites for hydroxylation is 1. The SMILES string of the molecule is CCCCN(C(C)C)S(=O)(=O)Nc1ccc2oc(C)c(CCN(C)Cc3cc(N(C)C)cnn3)c2c1.O=C(O)c1ccccc1. The van der Waals surface area contributed by atoms with E-state index in [0.29, 0.717) is 24.3 Å². The van der Waals surface area contributed by atoms with Crippen molar-refractivity contribution in [1.29, 1.82) is 0 Å². The molecule has 11 nitrogen and oxygen atoms in total. The van der Waals surface area contributed by atoms with Crippen LogP contribution in [0.1, 0.15) is 61.0 Å². The Balaban J connectivity index is 0.000000525. The lowest BCUT2D eigenvalue weighted by Crippen LogP contribution is -2.41. The summed E-state index contributed by atoms with van der Waals surface area (Å²) in [6.45, 7) is 9.77. The maximum absolute atomic E-state index is 13.1. The standard InChI is InChI=1S/C26H40N6O3S.C7H6O2/c1-8-9-13-32(19(2)3)36(33,34)29-21-10-11-26-25(16-21)24(20(4)35-26)12-14-31(7)18-22-15-23(30(5)6)17-27-28-22;8-7(9)6-4-2-1-3-5-6/h10-11,15-17,19,29H,8-9,12-14,18H2,1-7H3;1-5H,(H,8,9). The van der Waals surface area contributed by atoms with E-state index in [1.807, 2.05) is 58.0 Å². The predicted octanol–water partition coefficient (Wildman–Crippen LogP) is 5.82. The lowest BCUT2D eigenvalue weighted by atomic mass is 10.1. The van der Waals surface area contributed by atoms with Crippen molar-refractivity contribution in [1.82, 2.24) is 19.4 Å². The first-order valence-electron chi connectivity index (χ1n) is 15.1. The van der Waals surface area contributed by atoms with Crippen LogP contribution in [0.25, 0.3) is 11.0 Å². The van der Waals surface area contributed by atoms with Gasteiger partial charge in [0.2, 0.25) is 0 Å². The van der Waals surface area contributed by atoms with E-state index in [1.54, 1.807) is 42.6 Å². The molecule has 0 fully saturated rings. The molecule has 45 heavy (non-hydrogen) atoms. The number of carboxylic acid groups (broad SMARTS) is 1. The van der Waals surface area contributed by atoms with Crippen LogP contribution in [0, 0.1) is 6.92 Å². The molecule has 0 aliphatic heterocycles. The minimum atomic E-state index is -3.66. The van der Waals surface area contributed by atoms with Gasteiger partial charge in [-0.3, -0.25) is 4.72 Å². The molecular formula is C33H46N6O5S. The summed E-state index contributed by atoms with van der Waals surface area (Å²) in [7, 11) is 2.36. The van der Waals surface area contributed by atoms with Gasteiger partial charge in [-0.2, -0.15) is 22.9 Å². The van der Waals surface area contributed by atoms with Crippen LogP contribution < -0.4 is 9.62 Å². The number of carboxylic acids is 1.